The van der Waals surface area contributed by atoms with Gasteiger partial charge in [0.1, 0.15) is 12.1 Å². The summed E-state index contributed by atoms with van der Waals surface area (Å²) in [5.41, 5.74) is 0.511. The Kier molecular flexibility index (Phi) is 3.34. The van der Waals surface area contributed by atoms with Gasteiger partial charge < -0.3 is 4.79 Å². The van der Waals surface area contributed by atoms with E-state index in [9.17, 15) is 9.59 Å². The first kappa shape index (κ1) is 11.1. The summed E-state index contributed by atoms with van der Waals surface area (Å²) in [5.74, 6) is -0.560. The molecule has 1 atom stereocenters. The smallest absolute Gasteiger partial charge is 0.173 e. The summed E-state index contributed by atoms with van der Waals surface area (Å²) in [6.45, 7) is 0. The monoisotopic (exact) mass is 230 g/mol. The van der Waals surface area contributed by atoms with E-state index in [0.717, 1.165) is 0 Å². The number of H-pyrrole nitrogens is 1. The number of aromatic nitrogens is 4. The van der Waals surface area contributed by atoms with Gasteiger partial charge in [0.2, 0.25) is 0 Å². The number of aldehydes is 1. The van der Waals surface area contributed by atoms with Crippen LogP contribution in [0, 0.1) is 5.92 Å². The second-order valence-electron chi connectivity index (χ2n) is 3.52. The molecule has 0 bridgehead atoms. The highest BCUT2D eigenvalue weighted by atomic mass is 16.1. The maximum absolute atomic E-state index is 12.0. The highest BCUT2D eigenvalue weighted by Gasteiger charge is 2.21. The maximum Gasteiger partial charge on any atom is 0.173 e. The molecule has 0 spiro atoms. The van der Waals surface area contributed by atoms with Crippen LogP contribution < -0.4 is 0 Å². The van der Waals surface area contributed by atoms with Crippen molar-refractivity contribution >= 4 is 12.1 Å². The quantitative estimate of drug-likeness (QED) is 0.457. The number of tetrazole rings is 1. The number of Topliss-reactive ketones (excluding diaryl/α,β-unsaturated/α-hetero) is 1. The molecule has 17 heavy (non-hydrogen) atoms. The molecule has 1 aromatic heterocycles. The second kappa shape index (κ2) is 5.11. The van der Waals surface area contributed by atoms with E-state index in [1.54, 1.807) is 24.3 Å². The largest absolute Gasteiger partial charge is 0.303 e. The molecule has 2 rings (SSSR count). The second-order valence-corrected chi connectivity index (χ2v) is 3.52. The van der Waals surface area contributed by atoms with E-state index in [4.69, 9.17) is 0 Å². The van der Waals surface area contributed by atoms with Crippen LogP contribution in [-0.2, 0) is 11.2 Å². The summed E-state index contributed by atoms with van der Waals surface area (Å²) >= 11 is 0. The highest BCUT2D eigenvalue weighted by Crippen LogP contribution is 2.10. The van der Waals surface area contributed by atoms with Gasteiger partial charge in [0.05, 0.1) is 5.92 Å². The van der Waals surface area contributed by atoms with Gasteiger partial charge in [-0.25, -0.2) is 5.10 Å². The number of ketones is 1. The van der Waals surface area contributed by atoms with E-state index < -0.39 is 5.92 Å². The van der Waals surface area contributed by atoms with Crippen LogP contribution in [0.4, 0.5) is 0 Å². The van der Waals surface area contributed by atoms with E-state index in [0.29, 0.717) is 17.7 Å². The number of benzene rings is 1. The zero-order chi connectivity index (χ0) is 12.1. The van der Waals surface area contributed by atoms with E-state index in [-0.39, 0.29) is 12.2 Å². The van der Waals surface area contributed by atoms with Gasteiger partial charge in [-0.2, -0.15) is 0 Å². The van der Waals surface area contributed by atoms with E-state index >= 15 is 0 Å². The molecular weight excluding hydrogens is 220 g/mol. The van der Waals surface area contributed by atoms with Gasteiger partial charge in [0, 0.05) is 12.0 Å². The van der Waals surface area contributed by atoms with E-state index in [2.05, 4.69) is 20.6 Å². The lowest BCUT2D eigenvalue weighted by Crippen LogP contribution is -2.19. The number of carbonyl (C=O) groups excluding carboxylic acids is 2. The minimum Gasteiger partial charge on any atom is -0.303 e. The molecule has 0 saturated heterocycles. The Morgan fingerprint density at radius 3 is 2.71 bits per heavy atom. The van der Waals surface area contributed by atoms with Crippen LogP contribution in [0.15, 0.2) is 30.3 Å². The lowest BCUT2D eigenvalue weighted by molar-refractivity contribution is -0.109. The van der Waals surface area contributed by atoms with Gasteiger partial charge in [-0.15, -0.1) is 5.10 Å². The number of aromatic amines is 1. The number of hydrogen-bond donors (Lipinski definition) is 1. The Morgan fingerprint density at radius 1 is 1.35 bits per heavy atom. The minimum absolute atomic E-state index is 0.185. The first-order valence-corrected chi connectivity index (χ1v) is 5.08. The average Bonchev–Trinajstić information content (AvgIpc) is 2.89. The van der Waals surface area contributed by atoms with Gasteiger partial charge in [0.15, 0.2) is 5.78 Å². The molecule has 0 fully saturated rings. The summed E-state index contributed by atoms with van der Waals surface area (Å²) in [6.07, 6.45) is 0.808. The van der Waals surface area contributed by atoms with Crippen molar-refractivity contribution < 1.29 is 9.59 Å². The van der Waals surface area contributed by atoms with Gasteiger partial charge >= 0.3 is 0 Å². The summed E-state index contributed by atoms with van der Waals surface area (Å²) in [5, 5.41) is 13.0. The summed E-state index contributed by atoms with van der Waals surface area (Å²) < 4.78 is 0. The van der Waals surface area contributed by atoms with Gasteiger partial charge in [-0.05, 0) is 10.4 Å². The highest BCUT2D eigenvalue weighted by molar-refractivity contribution is 6.05. The first-order chi connectivity index (χ1) is 8.31. The molecule has 1 N–H and O–H groups in total. The molecule has 6 heteroatoms. The van der Waals surface area contributed by atoms with Crippen LogP contribution in [0.3, 0.4) is 0 Å². The normalized spacial score (nSPS) is 12.0. The third-order valence-corrected chi connectivity index (χ3v) is 2.36. The Balaban J connectivity index is 2.14. The molecule has 0 aliphatic heterocycles. The van der Waals surface area contributed by atoms with Crippen LogP contribution in [-0.4, -0.2) is 32.7 Å². The summed E-state index contributed by atoms with van der Waals surface area (Å²) in [4.78, 5) is 22.9. The van der Waals surface area contributed by atoms with Crippen molar-refractivity contribution in [1.82, 2.24) is 20.6 Å². The van der Waals surface area contributed by atoms with Gasteiger partial charge in [-0.1, -0.05) is 30.3 Å². The number of nitrogens with zero attached hydrogens (tertiary/aromatic N) is 3. The van der Waals surface area contributed by atoms with Crippen LogP contribution >= 0.6 is 0 Å². The van der Waals surface area contributed by atoms with Crippen LogP contribution in [0.2, 0.25) is 0 Å². The number of nitrogens with one attached hydrogen (secondary N) is 1. The Hall–Kier alpha value is -2.37. The van der Waals surface area contributed by atoms with Crippen molar-refractivity contribution in [2.45, 2.75) is 6.42 Å². The SMILES string of the molecule is O=CC(Cc1nnn[nH]1)C(=O)c1ccccc1. The molecule has 0 amide bonds. The fourth-order valence-corrected chi connectivity index (χ4v) is 1.49. The standard InChI is InChI=1S/C11H10N4O2/c16-7-9(6-10-12-14-15-13-10)11(17)8-4-2-1-3-5-8/h1-5,7,9H,6H2,(H,12,13,14,15). The third kappa shape index (κ3) is 2.60. The Bertz CT molecular complexity index is 495. The number of hydrogen-bond acceptors (Lipinski definition) is 5. The molecule has 6 nitrogen and oxygen atoms in total. The van der Waals surface area contributed by atoms with Gasteiger partial charge in [-0.3, -0.25) is 4.79 Å². The molecule has 0 aliphatic rings. The minimum atomic E-state index is -0.757. The number of rotatable bonds is 5. The van der Waals surface area contributed by atoms with Crippen molar-refractivity contribution in [3.63, 3.8) is 0 Å². The van der Waals surface area contributed by atoms with Crippen LogP contribution in [0.25, 0.3) is 0 Å². The maximum atomic E-state index is 12.0. The van der Waals surface area contributed by atoms with E-state index in [1.807, 2.05) is 6.07 Å². The summed E-state index contributed by atoms with van der Waals surface area (Å²) in [6, 6.07) is 8.68. The number of carbonyl (C=O) groups is 2. The molecule has 86 valence electrons. The van der Waals surface area contributed by atoms with Crippen molar-refractivity contribution in [1.29, 1.82) is 0 Å². The lowest BCUT2D eigenvalue weighted by Gasteiger charge is -2.06. The topological polar surface area (TPSA) is 88.6 Å². The van der Waals surface area contributed by atoms with Crippen molar-refractivity contribution in [2.75, 3.05) is 0 Å². The molecular formula is C11H10N4O2. The lowest BCUT2D eigenvalue weighted by atomic mass is 9.96. The molecule has 0 saturated carbocycles. The third-order valence-electron chi connectivity index (χ3n) is 2.36. The predicted molar refractivity (Wildman–Crippen MR) is 58.2 cm³/mol. The molecule has 0 aliphatic carbocycles. The molecule has 1 unspecified atom stereocenters. The van der Waals surface area contributed by atoms with Crippen LogP contribution in [0.5, 0.6) is 0 Å². The summed E-state index contributed by atoms with van der Waals surface area (Å²) in [7, 11) is 0. The Labute approximate surface area is 97.0 Å². The zero-order valence-corrected chi connectivity index (χ0v) is 8.91. The van der Waals surface area contributed by atoms with Crippen molar-refractivity contribution in [3.8, 4) is 0 Å². The molecule has 1 heterocycles. The molecule has 2 aromatic rings. The Morgan fingerprint density at radius 2 is 2.12 bits per heavy atom. The van der Waals surface area contributed by atoms with E-state index in [1.165, 1.54) is 0 Å². The first-order valence-electron chi connectivity index (χ1n) is 5.08. The fraction of sp³-hybridized carbons (Fsp3) is 0.182. The fourth-order valence-electron chi connectivity index (χ4n) is 1.49. The zero-order valence-electron chi connectivity index (χ0n) is 8.91. The molecule has 1 aromatic carbocycles. The van der Waals surface area contributed by atoms with Gasteiger partial charge in [0.25, 0.3) is 0 Å². The van der Waals surface area contributed by atoms with Crippen molar-refractivity contribution in [2.24, 2.45) is 5.92 Å². The average molecular weight is 230 g/mol. The molecule has 0 radical (unpaired) electrons. The van der Waals surface area contributed by atoms with Crippen molar-refractivity contribution in [3.05, 3.63) is 41.7 Å². The predicted octanol–water partition coefficient (Wildman–Crippen LogP) is 0.440. The van der Waals surface area contributed by atoms with Crippen LogP contribution in [0.1, 0.15) is 16.2 Å².